The van der Waals surface area contributed by atoms with Crippen molar-refractivity contribution in [2.75, 3.05) is 51.3 Å². The lowest BCUT2D eigenvalue weighted by atomic mass is 9.95. The lowest BCUT2D eigenvalue weighted by molar-refractivity contribution is -0.136. The van der Waals surface area contributed by atoms with E-state index in [-0.39, 0.29) is 6.03 Å². The summed E-state index contributed by atoms with van der Waals surface area (Å²) in [6, 6.07) is 14.2. The van der Waals surface area contributed by atoms with Crippen LogP contribution >= 0.6 is 11.6 Å². The number of halogens is 1. The predicted molar refractivity (Wildman–Crippen MR) is 131 cm³/mol. The molecule has 0 spiro atoms. The van der Waals surface area contributed by atoms with E-state index in [9.17, 15) is 9.59 Å². The van der Waals surface area contributed by atoms with Crippen LogP contribution < -0.4 is 20.3 Å². The first kappa shape index (κ1) is 23.9. The van der Waals surface area contributed by atoms with Crippen LogP contribution in [-0.2, 0) is 9.53 Å². The number of urea groups is 1. The van der Waals surface area contributed by atoms with E-state index in [2.05, 4.69) is 20.4 Å². The highest BCUT2D eigenvalue weighted by Crippen LogP contribution is 2.30. The van der Waals surface area contributed by atoms with Crippen LogP contribution in [0.2, 0.25) is 5.02 Å². The Morgan fingerprint density at radius 3 is 2.44 bits per heavy atom. The Labute approximate surface area is 204 Å². The maximum absolute atomic E-state index is 12.8. The number of methoxy groups -OCH3 is 1. The van der Waals surface area contributed by atoms with Crippen LogP contribution in [-0.4, -0.2) is 63.3 Å². The molecule has 0 aliphatic carbocycles. The number of benzene rings is 2. The molecule has 9 heteroatoms. The van der Waals surface area contributed by atoms with Crippen LogP contribution in [0.5, 0.6) is 5.75 Å². The van der Waals surface area contributed by atoms with Gasteiger partial charge >= 0.3 is 12.0 Å². The summed E-state index contributed by atoms with van der Waals surface area (Å²) in [6.07, 6.45) is 0. The third-order valence-electron chi connectivity index (χ3n) is 6.03. The molecular formula is C25H29ClN4O4. The second-order valence-corrected chi connectivity index (χ2v) is 8.54. The van der Waals surface area contributed by atoms with Crippen LogP contribution in [0.3, 0.4) is 0 Å². The topological polar surface area (TPSA) is 83.1 Å². The Morgan fingerprint density at radius 2 is 1.79 bits per heavy atom. The zero-order chi connectivity index (χ0) is 24.1. The van der Waals surface area contributed by atoms with E-state index in [1.54, 1.807) is 0 Å². The van der Waals surface area contributed by atoms with Gasteiger partial charge in [-0.05, 0) is 36.8 Å². The molecule has 2 amide bonds. The third-order valence-corrected chi connectivity index (χ3v) is 6.35. The number of nitrogens with one attached hydrogen (secondary N) is 2. The normalized spacial score (nSPS) is 18.9. The summed E-state index contributed by atoms with van der Waals surface area (Å²) in [7, 11) is 1.35. The van der Waals surface area contributed by atoms with Gasteiger partial charge in [0.25, 0.3) is 0 Å². The van der Waals surface area contributed by atoms with E-state index in [0.29, 0.717) is 24.4 Å². The van der Waals surface area contributed by atoms with Crippen LogP contribution in [0.25, 0.3) is 0 Å². The van der Waals surface area contributed by atoms with Gasteiger partial charge in [-0.1, -0.05) is 35.9 Å². The van der Waals surface area contributed by atoms with Crippen LogP contribution in [0.1, 0.15) is 18.5 Å². The molecule has 0 bridgehead atoms. The van der Waals surface area contributed by atoms with Crippen molar-refractivity contribution in [3.8, 4) is 5.75 Å². The van der Waals surface area contributed by atoms with E-state index in [1.807, 2.05) is 55.5 Å². The number of piperazine rings is 1. The predicted octanol–water partition coefficient (Wildman–Crippen LogP) is 3.34. The van der Waals surface area contributed by atoms with Crippen LogP contribution in [0, 0.1) is 0 Å². The minimum Gasteiger partial charge on any atom is -0.494 e. The quantitative estimate of drug-likeness (QED) is 0.586. The molecule has 2 aromatic carbocycles. The molecule has 1 fully saturated rings. The minimum atomic E-state index is -0.615. The Morgan fingerprint density at radius 1 is 1.09 bits per heavy atom. The van der Waals surface area contributed by atoms with E-state index in [4.69, 9.17) is 21.1 Å². The summed E-state index contributed by atoms with van der Waals surface area (Å²) < 4.78 is 10.6. The lowest BCUT2D eigenvalue weighted by Gasteiger charge is -2.38. The fourth-order valence-corrected chi connectivity index (χ4v) is 4.60. The molecule has 2 aliphatic heterocycles. The second kappa shape index (κ2) is 10.8. The van der Waals surface area contributed by atoms with Crippen molar-refractivity contribution in [3.63, 3.8) is 0 Å². The van der Waals surface area contributed by atoms with E-state index in [1.165, 1.54) is 7.11 Å². The lowest BCUT2D eigenvalue weighted by Crippen LogP contribution is -2.51. The smallest absolute Gasteiger partial charge is 0.338 e. The summed E-state index contributed by atoms with van der Waals surface area (Å²) in [5, 5.41) is 6.43. The number of carbonyl (C=O) groups is 2. The van der Waals surface area contributed by atoms with Crippen molar-refractivity contribution in [1.82, 2.24) is 15.5 Å². The number of para-hydroxylation sites is 1. The molecule has 0 unspecified atom stereocenters. The molecule has 2 aliphatic rings. The standard InChI is InChI=1S/C25H29ClN4O4/c1-3-34-18-10-8-17(9-11-18)23-22(24(31)33-2)20(27-25(32)28-23)16-29-12-14-30(15-13-29)21-7-5-4-6-19(21)26/h4-11,23H,3,12-16H2,1-2H3,(H2,27,28,32)/t23-/m1/s1. The van der Waals surface area contributed by atoms with Crippen molar-refractivity contribution >= 4 is 29.3 Å². The average Bonchev–Trinajstić information content (AvgIpc) is 2.85. The number of esters is 1. The molecule has 180 valence electrons. The first-order chi connectivity index (χ1) is 16.5. The Hall–Kier alpha value is -3.23. The zero-order valence-electron chi connectivity index (χ0n) is 19.3. The molecular weight excluding hydrogens is 456 g/mol. The number of nitrogens with zero attached hydrogens (tertiary/aromatic N) is 2. The maximum atomic E-state index is 12.8. The molecule has 2 aromatic rings. The molecule has 4 rings (SSSR count). The molecule has 1 atom stereocenters. The minimum absolute atomic E-state index is 0.351. The molecule has 2 heterocycles. The number of anilines is 1. The maximum Gasteiger partial charge on any atom is 0.338 e. The number of carbonyl (C=O) groups excluding carboxylic acids is 2. The summed E-state index contributed by atoms with van der Waals surface area (Å²) in [5.41, 5.74) is 2.75. The van der Waals surface area contributed by atoms with Gasteiger partial charge < -0.3 is 25.0 Å². The highest BCUT2D eigenvalue weighted by atomic mass is 35.5. The number of ether oxygens (including phenoxy) is 2. The summed E-state index contributed by atoms with van der Waals surface area (Å²) in [4.78, 5) is 29.8. The molecule has 0 aromatic heterocycles. The zero-order valence-corrected chi connectivity index (χ0v) is 20.1. The molecule has 8 nitrogen and oxygen atoms in total. The molecule has 2 N–H and O–H groups in total. The van der Waals surface area contributed by atoms with E-state index in [0.717, 1.165) is 48.2 Å². The van der Waals surface area contributed by atoms with Crippen molar-refractivity contribution in [1.29, 1.82) is 0 Å². The van der Waals surface area contributed by atoms with Crippen molar-refractivity contribution < 1.29 is 19.1 Å². The van der Waals surface area contributed by atoms with Gasteiger partial charge in [-0.2, -0.15) is 0 Å². The second-order valence-electron chi connectivity index (χ2n) is 8.13. The number of rotatable bonds is 7. The molecule has 0 radical (unpaired) electrons. The molecule has 1 saturated heterocycles. The fraction of sp³-hybridized carbons (Fsp3) is 0.360. The summed E-state index contributed by atoms with van der Waals surface area (Å²) >= 11 is 6.36. The van der Waals surface area contributed by atoms with Gasteiger partial charge in [0.15, 0.2) is 0 Å². The Kier molecular flexibility index (Phi) is 7.59. The van der Waals surface area contributed by atoms with Gasteiger partial charge in [0, 0.05) is 38.4 Å². The van der Waals surface area contributed by atoms with Gasteiger partial charge in [0.1, 0.15) is 5.75 Å². The van der Waals surface area contributed by atoms with Crippen molar-refractivity contribution in [2.24, 2.45) is 0 Å². The summed E-state index contributed by atoms with van der Waals surface area (Å²) in [6.45, 7) is 6.02. The Balaban J connectivity index is 1.54. The highest BCUT2D eigenvalue weighted by Gasteiger charge is 2.34. The van der Waals surface area contributed by atoms with Crippen molar-refractivity contribution in [3.05, 3.63) is 70.4 Å². The number of hydrogen-bond acceptors (Lipinski definition) is 6. The fourth-order valence-electron chi connectivity index (χ4n) is 4.35. The van der Waals surface area contributed by atoms with Crippen molar-refractivity contribution in [2.45, 2.75) is 13.0 Å². The SMILES string of the molecule is CCOc1ccc([C@H]2NC(=O)NC(CN3CCN(c4ccccc4Cl)CC3)=C2C(=O)OC)cc1. The first-order valence-electron chi connectivity index (χ1n) is 11.3. The summed E-state index contributed by atoms with van der Waals surface area (Å²) in [5.74, 6) is 0.253. The average molecular weight is 485 g/mol. The molecule has 0 saturated carbocycles. The van der Waals surface area contributed by atoms with Gasteiger partial charge in [-0.25, -0.2) is 9.59 Å². The highest BCUT2D eigenvalue weighted by molar-refractivity contribution is 6.33. The first-order valence-corrected chi connectivity index (χ1v) is 11.7. The van der Waals surface area contributed by atoms with Gasteiger partial charge in [-0.3, -0.25) is 4.90 Å². The third kappa shape index (κ3) is 5.29. The van der Waals surface area contributed by atoms with E-state index < -0.39 is 12.0 Å². The van der Waals surface area contributed by atoms with Gasteiger partial charge in [-0.15, -0.1) is 0 Å². The van der Waals surface area contributed by atoms with Crippen LogP contribution in [0.15, 0.2) is 59.8 Å². The monoisotopic (exact) mass is 484 g/mol. The van der Waals surface area contributed by atoms with Gasteiger partial charge in [0.05, 0.1) is 36.0 Å². The largest absolute Gasteiger partial charge is 0.494 e. The molecule has 34 heavy (non-hydrogen) atoms. The number of hydrogen-bond donors (Lipinski definition) is 2. The van der Waals surface area contributed by atoms with E-state index >= 15 is 0 Å². The number of amides is 2. The van der Waals surface area contributed by atoms with Gasteiger partial charge in [0.2, 0.25) is 0 Å². The van der Waals surface area contributed by atoms with Crippen LogP contribution in [0.4, 0.5) is 10.5 Å². The Bertz CT molecular complexity index is 1060.